The molecule has 0 bridgehead atoms. The number of nitrogens with one attached hydrogen (secondary N) is 2. The Kier molecular flexibility index (Phi) is 12.8. The lowest BCUT2D eigenvalue weighted by atomic mass is 9.89. The van der Waals surface area contributed by atoms with Gasteiger partial charge in [0.1, 0.15) is 17.2 Å². The molecule has 3 unspecified atom stereocenters. The van der Waals surface area contributed by atoms with Crippen molar-refractivity contribution >= 4 is 35.6 Å². The highest BCUT2D eigenvalue weighted by Gasteiger charge is 2.52. The Morgan fingerprint density at radius 1 is 0.619 bits per heavy atom. The minimum absolute atomic E-state index is 0.0322. The molecule has 3 aromatic rings. The first-order valence-corrected chi connectivity index (χ1v) is 21.6. The molecule has 0 aliphatic carbocycles. The number of ether oxygens (including phenoxy) is 5. The lowest BCUT2D eigenvalue weighted by Gasteiger charge is -2.34. The Bertz CT molecular complexity index is 2200. The average Bonchev–Trinajstić information content (AvgIpc) is 3.92. The monoisotopic (exact) mass is 868 g/mol. The molecule has 0 radical (unpaired) electrons. The van der Waals surface area contributed by atoms with E-state index in [1.54, 1.807) is 60.1 Å². The third kappa shape index (κ3) is 8.64. The largest absolute Gasteiger partial charge is 0.477 e. The first-order chi connectivity index (χ1) is 30.1. The van der Waals surface area contributed by atoms with Crippen molar-refractivity contribution < 1.29 is 57.7 Å². The molecule has 3 aromatic carbocycles. The molecule has 0 saturated carbocycles. The van der Waals surface area contributed by atoms with Crippen LogP contribution in [0.4, 0.5) is 0 Å². The molecule has 6 aliphatic heterocycles. The fourth-order valence-corrected chi connectivity index (χ4v) is 9.28. The summed E-state index contributed by atoms with van der Waals surface area (Å²) in [5, 5.41) is 11.5. The molecule has 16 heteroatoms. The van der Waals surface area contributed by atoms with Crippen LogP contribution in [0.25, 0.3) is 0 Å². The molecule has 3 saturated heterocycles. The first-order valence-electron chi connectivity index (χ1n) is 21.6. The topological polar surface area (TPSA) is 199 Å². The number of fused-ring (bicyclic) bond motifs is 3. The number of hydrogen-bond donors (Lipinski definition) is 3. The Balaban J connectivity index is 0.000000142. The molecule has 4 amide bonds. The second-order valence-corrected chi connectivity index (χ2v) is 17.4. The number of benzene rings is 3. The summed E-state index contributed by atoms with van der Waals surface area (Å²) in [6.45, 7) is 10.2. The lowest BCUT2D eigenvalue weighted by Crippen LogP contribution is -2.48. The summed E-state index contributed by atoms with van der Waals surface area (Å²) in [5.41, 5.74) is 3.65. The Labute approximate surface area is 366 Å². The number of hydroxylamine groups is 1. The van der Waals surface area contributed by atoms with Crippen molar-refractivity contribution in [1.29, 1.82) is 0 Å². The summed E-state index contributed by atoms with van der Waals surface area (Å²) in [6.07, 6.45) is 6.19. The van der Waals surface area contributed by atoms with Crippen molar-refractivity contribution in [2.24, 2.45) is 0 Å². The standard InChI is InChI=1S/C17H21NO4.C16H20N2O4.C14H15NO4/c1-11(2)18-9-8-17(16(18)20)7-6-12-10-13(15(19)21-3)4-5-14(12)22-17;1-10(2)18-8-7-16(15(18)20)6-5-11-9-12(14(19)17-21)3-4-13(11)22-16;1-18-12(16)10-2-3-11-9(8-10)4-5-14(19-11)6-7-15-13(14)17/h4-5,10-11H,6-9H2,1-3H3;3-4,9-10,21H,5-8H2,1-2H3,(H,17,19);2-3,8H,4-7H2,1H3,(H,15,17). The summed E-state index contributed by atoms with van der Waals surface area (Å²) < 4.78 is 27.5. The van der Waals surface area contributed by atoms with Gasteiger partial charge in [-0.2, -0.15) is 0 Å². The number of likely N-dealkylation sites (tertiary alicyclic amines) is 2. The van der Waals surface area contributed by atoms with Gasteiger partial charge >= 0.3 is 11.9 Å². The second kappa shape index (κ2) is 17.9. The highest BCUT2D eigenvalue weighted by atomic mass is 16.5. The number of aryl methyl sites for hydroxylation is 3. The Hall–Kier alpha value is -6.16. The van der Waals surface area contributed by atoms with Crippen LogP contribution >= 0.6 is 0 Å². The molecule has 3 fully saturated rings. The van der Waals surface area contributed by atoms with Crippen molar-refractivity contribution in [3.05, 3.63) is 88.0 Å². The van der Waals surface area contributed by atoms with Gasteiger partial charge < -0.3 is 38.8 Å². The van der Waals surface area contributed by atoms with Gasteiger partial charge in [-0.15, -0.1) is 0 Å². The van der Waals surface area contributed by atoms with Gasteiger partial charge in [-0.05, 0) is 118 Å². The molecular weight excluding hydrogens is 813 g/mol. The number of amides is 4. The molecule has 3 spiro atoms. The van der Waals surface area contributed by atoms with Crippen LogP contribution in [0.3, 0.4) is 0 Å². The molecular formula is C47H56N4O12. The number of nitrogens with zero attached hydrogens (tertiary/aromatic N) is 2. The third-order valence-corrected chi connectivity index (χ3v) is 13.0. The molecule has 6 aliphatic rings. The van der Waals surface area contributed by atoms with Crippen molar-refractivity contribution in [3.8, 4) is 17.2 Å². The van der Waals surface area contributed by atoms with Gasteiger partial charge in [-0.25, -0.2) is 15.1 Å². The van der Waals surface area contributed by atoms with Gasteiger partial charge in [0.2, 0.25) is 0 Å². The predicted molar refractivity (Wildman–Crippen MR) is 227 cm³/mol. The van der Waals surface area contributed by atoms with Crippen LogP contribution < -0.4 is 25.0 Å². The second-order valence-electron chi connectivity index (χ2n) is 17.4. The van der Waals surface area contributed by atoms with E-state index in [2.05, 4.69) is 5.32 Å². The van der Waals surface area contributed by atoms with Crippen LogP contribution in [0.15, 0.2) is 54.6 Å². The van der Waals surface area contributed by atoms with E-state index in [0.717, 1.165) is 49.0 Å². The Morgan fingerprint density at radius 3 is 1.38 bits per heavy atom. The van der Waals surface area contributed by atoms with E-state index >= 15 is 0 Å². The molecule has 336 valence electrons. The summed E-state index contributed by atoms with van der Waals surface area (Å²) in [6, 6.07) is 15.8. The zero-order valence-corrected chi connectivity index (χ0v) is 36.7. The van der Waals surface area contributed by atoms with Gasteiger partial charge in [0.05, 0.1) is 25.3 Å². The predicted octanol–water partition coefficient (Wildman–Crippen LogP) is 4.74. The zero-order valence-electron chi connectivity index (χ0n) is 36.7. The normalized spacial score (nSPS) is 23.9. The third-order valence-electron chi connectivity index (χ3n) is 13.0. The van der Waals surface area contributed by atoms with Crippen LogP contribution in [0.1, 0.15) is 114 Å². The highest BCUT2D eigenvalue weighted by Crippen LogP contribution is 2.42. The summed E-state index contributed by atoms with van der Waals surface area (Å²) >= 11 is 0. The number of methoxy groups -OCH3 is 2. The molecule has 3 N–H and O–H groups in total. The van der Waals surface area contributed by atoms with E-state index in [1.165, 1.54) is 14.2 Å². The average molecular weight is 869 g/mol. The van der Waals surface area contributed by atoms with E-state index in [0.29, 0.717) is 79.0 Å². The smallest absolute Gasteiger partial charge is 0.337 e. The molecule has 9 rings (SSSR count). The number of hydrogen-bond acceptors (Lipinski definition) is 12. The van der Waals surface area contributed by atoms with Crippen LogP contribution in [-0.2, 0) is 43.1 Å². The van der Waals surface area contributed by atoms with Gasteiger partial charge in [0, 0.05) is 75.8 Å². The number of rotatable bonds is 5. The molecule has 6 heterocycles. The van der Waals surface area contributed by atoms with Crippen molar-refractivity contribution in [2.45, 2.75) is 114 Å². The maximum atomic E-state index is 12.7. The molecule has 63 heavy (non-hydrogen) atoms. The SMILES string of the molecule is CC(C)N1CCC2(CCc3cc(C(=O)NO)ccc3O2)C1=O.COC(=O)c1ccc2c(c1)CCC1(CCN(C(C)C)C1=O)O2.COC(=O)c1ccc2c(c1)CCC1(CCNC1=O)O2. The maximum absolute atomic E-state index is 12.7. The van der Waals surface area contributed by atoms with E-state index in [1.807, 2.05) is 37.5 Å². The fourth-order valence-electron chi connectivity index (χ4n) is 9.28. The quantitative estimate of drug-likeness (QED) is 0.181. The minimum atomic E-state index is -0.752. The fraction of sp³-hybridized carbons (Fsp3) is 0.489. The Morgan fingerprint density at radius 2 is 1.02 bits per heavy atom. The summed E-state index contributed by atoms with van der Waals surface area (Å²) in [4.78, 5) is 75.5. The van der Waals surface area contributed by atoms with E-state index < -0.39 is 22.7 Å². The van der Waals surface area contributed by atoms with Gasteiger partial charge in [-0.3, -0.25) is 24.4 Å². The number of carbonyl (C=O) groups is 6. The van der Waals surface area contributed by atoms with Gasteiger partial charge in [-0.1, -0.05) is 0 Å². The summed E-state index contributed by atoms with van der Waals surface area (Å²) in [7, 11) is 2.72. The van der Waals surface area contributed by atoms with Crippen LogP contribution in [0, 0.1) is 0 Å². The zero-order chi connectivity index (χ0) is 45.3. The van der Waals surface area contributed by atoms with Crippen molar-refractivity contribution in [1.82, 2.24) is 20.6 Å². The van der Waals surface area contributed by atoms with Crippen molar-refractivity contribution in [2.75, 3.05) is 33.9 Å². The first kappa shape index (κ1) is 44.9. The minimum Gasteiger partial charge on any atom is -0.477 e. The lowest BCUT2D eigenvalue weighted by molar-refractivity contribution is -0.144. The van der Waals surface area contributed by atoms with Crippen molar-refractivity contribution in [3.63, 3.8) is 0 Å². The maximum Gasteiger partial charge on any atom is 0.337 e. The van der Waals surface area contributed by atoms with Crippen LogP contribution in [0.2, 0.25) is 0 Å². The molecule has 16 nitrogen and oxygen atoms in total. The van der Waals surface area contributed by atoms with Crippen LogP contribution in [0.5, 0.6) is 17.2 Å². The van der Waals surface area contributed by atoms with Crippen LogP contribution in [-0.4, -0.2) is 113 Å². The van der Waals surface area contributed by atoms with Gasteiger partial charge in [0.25, 0.3) is 23.6 Å². The molecule has 0 aromatic heterocycles. The molecule has 3 atom stereocenters. The van der Waals surface area contributed by atoms with E-state index in [9.17, 15) is 28.8 Å². The van der Waals surface area contributed by atoms with E-state index in [-0.39, 0.29) is 41.7 Å². The summed E-state index contributed by atoms with van der Waals surface area (Å²) in [5.74, 6) is 0.901. The van der Waals surface area contributed by atoms with E-state index in [4.69, 9.17) is 28.9 Å². The number of carbonyl (C=O) groups excluding carboxylic acids is 6. The highest BCUT2D eigenvalue weighted by molar-refractivity contribution is 5.94. The van der Waals surface area contributed by atoms with Gasteiger partial charge in [0.15, 0.2) is 16.8 Å². The number of esters is 2.